The zero-order valence-corrected chi connectivity index (χ0v) is 14.9. The third-order valence-electron chi connectivity index (χ3n) is 4.03. The maximum Gasteiger partial charge on any atom is 0.224 e. The highest BCUT2D eigenvalue weighted by Crippen LogP contribution is 2.15. The molecule has 1 aromatic carbocycles. The number of carbonyl (C=O) groups excluding carboxylic acids is 1. The number of halogens is 1. The van der Waals surface area contributed by atoms with Crippen LogP contribution in [0.25, 0.3) is 0 Å². The molecule has 0 atom stereocenters. The van der Waals surface area contributed by atoms with E-state index in [-0.39, 0.29) is 11.7 Å². The molecule has 130 valence electrons. The van der Waals surface area contributed by atoms with Gasteiger partial charge >= 0.3 is 0 Å². The van der Waals surface area contributed by atoms with E-state index in [0.29, 0.717) is 25.3 Å². The molecule has 0 aliphatic heterocycles. The Hall–Kier alpha value is -2.17. The van der Waals surface area contributed by atoms with E-state index >= 15 is 0 Å². The fourth-order valence-corrected chi connectivity index (χ4v) is 2.78. The number of benzene rings is 1. The standard InChI is InChI=1S/C19H26FN3O/c1-13(2)12-23-15(4)18(14(3)22-23)11-19(24)21-9-8-16-6-5-7-17(20)10-16/h5-7,10,13H,8-9,11-12H2,1-4H3,(H,21,24). The van der Waals surface area contributed by atoms with Crippen molar-refractivity contribution in [3.63, 3.8) is 0 Å². The number of carbonyl (C=O) groups is 1. The maximum absolute atomic E-state index is 13.1. The molecule has 0 saturated carbocycles. The molecule has 2 aromatic rings. The van der Waals surface area contributed by atoms with E-state index in [1.54, 1.807) is 6.07 Å². The molecule has 1 amide bonds. The smallest absolute Gasteiger partial charge is 0.224 e. The second kappa shape index (κ2) is 8.08. The molecule has 0 saturated heterocycles. The van der Waals surface area contributed by atoms with Gasteiger partial charge in [0.1, 0.15) is 5.82 Å². The van der Waals surface area contributed by atoms with Crippen molar-refractivity contribution in [2.75, 3.05) is 6.54 Å². The van der Waals surface area contributed by atoms with Gasteiger partial charge in [0, 0.05) is 24.3 Å². The van der Waals surface area contributed by atoms with Crippen LogP contribution in [0.4, 0.5) is 4.39 Å². The highest BCUT2D eigenvalue weighted by molar-refractivity contribution is 5.79. The van der Waals surface area contributed by atoms with Crippen LogP contribution in [-0.4, -0.2) is 22.2 Å². The first kappa shape index (κ1) is 18.2. The summed E-state index contributed by atoms with van der Waals surface area (Å²) in [7, 11) is 0. The van der Waals surface area contributed by atoms with Crippen LogP contribution < -0.4 is 5.32 Å². The van der Waals surface area contributed by atoms with Crippen molar-refractivity contribution in [1.82, 2.24) is 15.1 Å². The second-order valence-electron chi connectivity index (χ2n) is 6.63. The monoisotopic (exact) mass is 331 g/mol. The molecule has 1 N–H and O–H groups in total. The van der Waals surface area contributed by atoms with Crippen LogP contribution in [-0.2, 0) is 24.2 Å². The van der Waals surface area contributed by atoms with Gasteiger partial charge in [0.25, 0.3) is 0 Å². The van der Waals surface area contributed by atoms with E-state index in [4.69, 9.17) is 0 Å². The number of hydrogen-bond acceptors (Lipinski definition) is 2. The van der Waals surface area contributed by atoms with Gasteiger partial charge in [-0.2, -0.15) is 5.10 Å². The predicted octanol–water partition coefficient (Wildman–Crippen LogP) is 3.20. The molecular weight excluding hydrogens is 305 g/mol. The summed E-state index contributed by atoms with van der Waals surface area (Å²) in [5, 5.41) is 7.44. The highest BCUT2D eigenvalue weighted by Gasteiger charge is 2.15. The summed E-state index contributed by atoms with van der Waals surface area (Å²) in [5.74, 6) is 0.236. The lowest BCUT2D eigenvalue weighted by Crippen LogP contribution is -2.27. The molecular formula is C19H26FN3O. The fourth-order valence-electron chi connectivity index (χ4n) is 2.78. The van der Waals surface area contributed by atoms with E-state index in [1.807, 2.05) is 24.6 Å². The Labute approximate surface area is 143 Å². The van der Waals surface area contributed by atoms with Crippen molar-refractivity contribution >= 4 is 5.91 Å². The van der Waals surface area contributed by atoms with E-state index in [0.717, 1.165) is 29.1 Å². The molecule has 0 bridgehead atoms. The number of nitrogens with one attached hydrogen (secondary N) is 1. The van der Waals surface area contributed by atoms with Gasteiger partial charge in [-0.1, -0.05) is 26.0 Å². The Kier molecular flexibility index (Phi) is 6.12. The van der Waals surface area contributed by atoms with Gasteiger partial charge in [-0.15, -0.1) is 0 Å². The van der Waals surface area contributed by atoms with Gasteiger partial charge in [0.05, 0.1) is 12.1 Å². The molecule has 0 aliphatic rings. The minimum Gasteiger partial charge on any atom is -0.355 e. The van der Waals surface area contributed by atoms with Crippen molar-refractivity contribution < 1.29 is 9.18 Å². The normalized spacial score (nSPS) is 11.1. The first-order chi connectivity index (χ1) is 11.4. The summed E-state index contributed by atoms with van der Waals surface area (Å²) in [6.45, 7) is 9.61. The molecule has 5 heteroatoms. The fraction of sp³-hybridized carbons (Fsp3) is 0.474. The summed E-state index contributed by atoms with van der Waals surface area (Å²) >= 11 is 0. The van der Waals surface area contributed by atoms with Crippen molar-refractivity contribution in [1.29, 1.82) is 0 Å². The summed E-state index contributed by atoms with van der Waals surface area (Å²) in [6, 6.07) is 6.46. The number of rotatable bonds is 7. The van der Waals surface area contributed by atoms with Crippen molar-refractivity contribution in [3.05, 3.63) is 52.6 Å². The molecule has 0 aliphatic carbocycles. The zero-order valence-electron chi connectivity index (χ0n) is 14.9. The van der Waals surface area contributed by atoms with Crippen molar-refractivity contribution in [2.24, 2.45) is 5.92 Å². The lowest BCUT2D eigenvalue weighted by molar-refractivity contribution is -0.120. The van der Waals surface area contributed by atoms with Crippen LogP contribution >= 0.6 is 0 Å². The molecule has 2 rings (SSSR count). The molecule has 24 heavy (non-hydrogen) atoms. The summed E-state index contributed by atoms with van der Waals surface area (Å²) in [6.07, 6.45) is 0.951. The summed E-state index contributed by atoms with van der Waals surface area (Å²) in [5.41, 5.74) is 3.85. The SMILES string of the molecule is Cc1nn(CC(C)C)c(C)c1CC(=O)NCCc1cccc(F)c1. The Morgan fingerprint density at radius 2 is 2.08 bits per heavy atom. The molecule has 1 heterocycles. The molecule has 1 aromatic heterocycles. The molecule has 0 unspecified atom stereocenters. The molecule has 0 spiro atoms. The van der Waals surface area contributed by atoms with Crippen LogP contribution in [0.3, 0.4) is 0 Å². The van der Waals surface area contributed by atoms with Gasteiger partial charge in [0.15, 0.2) is 0 Å². The minimum atomic E-state index is -0.248. The van der Waals surface area contributed by atoms with Crippen LogP contribution in [0, 0.1) is 25.6 Å². The molecule has 4 nitrogen and oxygen atoms in total. The number of aryl methyl sites for hydroxylation is 1. The topological polar surface area (TPSA) is 46.9 Å². The quantitative estimate of drug-likeness (QED) is 0.847. The Balaban J connectivity index is 1.89. The number of amides is 1. The average molecular weight is 331 g/mol. The van der Waals surface area contributed by atoms with Crippen LogP contribution in [0.1, 0.15) is 36.4 Å². The van der Waals surface area contributed by atoms with Crippen molar-refractivity contribution in [3.8, 4) is 0 Å². The van der Waals surface area contributed by atoms with E-state index in [9.17, 15) is 9.18 Å². The molecule has 0 fully saturated rings. The highest BCUT2D eigenvalue weighted by atomic mass is 19.1. The minimum absolute atomic E-state index is 0.0262. The van der Waals surface area contributed by atoms with Crippen molar-refractivity contribution in [2.45, 2.75) is 47.1 Å². The number of aromatic nitrogens is 2. The van der Waals surface area contributed by atoms with E-state index in [1.165, 1.54) is 12.1 Å². The first-order valence-electron chi connectivity index (χ1n) is 8.41. The van der Waals surface area contributed by atoms with Gasteiger partial charge in [-0.25, -0.2) is 4.39 Å². The van der Waals surface area contributed by atoms with Gasteiger partial charge in [0.2, 0.25) is 5.91 Å². The second-order valence-corrected chi connectivity index (χ2v) is 6.63. The van der Waals surface area contributed by atoms with Gasteiger partial charge < -0.3 is 5.32 Å². The predicted molar refractivity (Wildman–Crippen MR) is 93.4 cm³/mol. The third-order valence-corrected chi connectivity index (χ3v) is 4.03. The number of nitrogens with zero attached hydrogens (tertiary/aromatic N) is 2. The average Bonchev–Trinajstić information content (AvgIpc) is 2.74. The zero-order chi connectivity index (χ0) is 17.7. The van der Waals surface area contributed by atoms with E-state index < -0.39 is 0 Å². The Morgan fingerprint density at radius 3 is 2.75 bits per heavy atom. The first-order valence-corrected chi connectivity index (χ1v) is 8.41. The number of hydrogen-bond donors (Lipinski definition) is 1. The summed E-state index contributed by atoms with van der Waals surface area (Å²) in [4.78, 5) is 12.2. The summed E-state index contributed by atoms with van der Waals surface area (Å²) < 4.78 is 15.1. The van der Waals surface area contributed by atoms with E-state index in [2.05, 4.69) is 24.3 Å². The van der Waals surface area contributed by atoms with Crippen LogP contribution in [0.15, 0.2) is 24.3 Å². The lowest BCUT2D eigenvalue weighted by atomic mass is 10.1. The van der Waals surface area contributed by atoms with Gasteiger partial charge in [-0.3, -0.25) is 9.48 Å². The molecule has 0 radical (unpaired) electrons. The van der Waals surface area contributed by atoms with Crippen LogP contribution in [0.2, 0.25) is 0 Å². The van der Waals surface area contributed by atoms with Crippen LogP contribution in [0.5, 0.6) is 0 Å². The Bertz CT molecular complexity index is 707. The van der Waals surface area contributed by atoms with Gasteiger partial charge in [-0.05, 0) is 43.9 Å². The lowest BCUT2D eigenvalue weighted by Gasteiger charge is -2.08. The Morgan fingerprint density at radius 1 is 1.33 bits per heavy atom. The maximum atomic E-state index is 13.1. The third kappa shape index (κ3) is 4.91. The largest absolute Gasteiger partial charge is 0.355 e.